The fraction of sp³-hybridized carbons (Fsp3) is 0.304. The maximum Gasteiger partial charge on any atom is 0.246 e. The molecule has 0 fully saturated rings. The quantitative estimate of drug-likeness (QED) is 0.641. The van der Waals surface area contributed by atoms with Crippen LogP contribution in [0.5, 0.6) is 5.75 Å². The molecule has 4 rings (SSSR count). The first-order chi connectivity index (χ1) is 14.2. The minimum absolute atomic E-state index is 0.151. The van der Waals surface area contributed by atoms with Crippen molar-refractivity contribution < 1.29 is 19.1 Å². The monoisotopic (exact) mass is 407 g/mol. The number of hydrogen-bond acceptors (Lipinski definition) is 6. The van der Waals surface area contributed by atoms with Crippen LogP contribution < -0.4 is 10.1 Å². The molecule has 1 aliphatic heterocycles. The van der Waals surface area contributed by atoms with Crippen molar-refractivity contribution in [3.05, 3.63) is 59.5 Å². The Balaban J connectivity index is 1.46. The highest BCUT2D eigenvalue weighted by molar-refractivity contribution is 5.91. The van der Waals surface area contributed by atoms with Crippen LogP contribution in [-0.2, 0) is 11.3 Å². The predicted molar refractivity (Wildman–Crippen MR) is 115 cm³/mol. The van der Waals surface area contributed by atoms with Gasteiger partial charge in [-0.2, -0.15) is 0 Å². The topological polar surface area (TPSA) is 87.8 Å². The molecule has 3 aromatic rings. The SMILES string of the molecule is Cc1c(CN(C)C(=O)C=Cc2cnc3c(c2)OC(C)(C)C(O)N3)oc2ccccc12. The van der Waals surface area contributed by atoms with Crippen LogP contribution in [0.25, 0.3) is 17.0 Å². The number of carbonyl (C=O) groups excluding carboxylic acids is 1. The first-order valence-corrected chi connectivity index (χ1v) is 9.78. The van der Waals surface area contributed by atoms with E-state index in [-0.39, 0.29) is 5.91 Å². The van der Waals surface area contributed by atoms with Crippen LogP contribution in [-0.4, -0.2) is 39.8 Å². The van der Waals surface area contributed by atoms with E-state index >= 15 is 0 Å². The second-order valence-corrected chi connectivity index (χ2v) is 8.04. The Kier molecular flexibility index (Phi) is 4.99. The fourth-order valence-electron chi connectivity index (χ4n) is 3.34. The van der Waals surface area contributed by atoms with Gasteiger partial charge in [-0.05, 0) is 44.5 Å². The maximum atomic E-state index is 12.6. The summed E-state index contributed by atoms with van der Waals surface area (Å²) in [6.07, 6.45) is 3.96. The van der Waals surface area contributed by atoms with Crippen molar-refractivity contribution in [3.8, 4) is 5.75 Å². The molecule has 0 saturated heterocycles. The van der Waals surface area contributed by atoms with Crippen molar-refractivity contribution in [3.63, 3.8) is 0 Å². The molecular weight excluding hydrogens is 382 g/mol. The van der Waals surface area contributed by atoms with Crippen LogP contribution in [0.4, 0.5) is 5.82 Å². The summed E-state index contributed by atoms with van der Waals surface area (Å²) in [6, 6.07) is 9.63. The lowest BCUT2D eigenvalue weighted by molar-refractivity contribution is -0.125. The third kappa shape index (κ3) is 3.76. The molecule has 0 bridgehead atoms. The minimum atomic E-state index is -0.851. The lowest BCUT2D eigenvalue weighted by atomic mass is 10.1. The normalized spacial score (nSPS) is 17.4. The largest absolute Gasteiger partial charge is 0.479 e. The molecule has 1 atom stereocenters. The van der Waals surface area contributed by atoms with Gasteiger partial charge in [-0.15, -0.1) is 0 Å². The zero-order chi connectivity index (χ0) is 21.5. The predicted octanol–water partition coefficient (Wildman–Crippen LogP) is 3.71. The van der Waals surface area contributed by atoms with Crippen LogP contribution in [0.1, 0.15) is 30.7 Å². The summed E-state index contributed by atoms with van der Waals surface area (Å²) in [5.74, 6) is 1.63. The van der Waals surface area contributed by atoms with E-state index in [1.807, 2.05) is 31.2 Å². The highest BCUT2D eigenvalue weighted by atomic mass is 16.5. The van der Waals surface area contributed by atoms with Crippen molar-refractivity contribution >= 4 is 28.8 Å². The van der Waals surface area contributed by atoms with Gasteiger partial charge in [-0.25, -0.2) is 4.98 Å². The van der Waals surface area contributed by atoms with Crippen molar-refractivity contribution in [1.82, 2.24) is 9.88 Å². The third-order valence-corrected chi connectivity index (χ3v) is 5.30. The lowest BCUT2D eigenvalue weighted by Crippen LogP contribution is -2.49. The van der Waals surface area contributed by atoms with E-state index in [1.54, 1.807) is 44.1 Å². The molecule has 1 aliphatic rings. The van der Waals surface area contributed by atoms with Crippen LogP contribution in [0.2, 0.25) is 0 Å². The highest BCUT2D eigenvalue weighted by Gasteiger charge is 2.36. The number of pyridine rings is 1. The van der Waals surface area contributed by atoms with Gasteiger partial charge in [0.15, 0.2) is 17.8 Å². The van der Waals surface area contributed by atoms with Gasteiger partial charge in [0.25, 0.3) is 0 Å². The van der Waals surface area contributed by atoms with Gasteiger partial charge in [0.05, 0.1) is 6.54 Å². The Bertz CT molecular complexity index is 1130. The number of anilines is 1. The van der Waals surface area contributed by atoms with E-state index < -0.39 is 11.8 Å². The summed E-state index contributed by atoms with van der Waals surface area (Å²) in [7, 11) is 1.74. The van der Waals surface area contributed by atoms with E-state index in [1.165, 1.54) is 6.08 Å². The summed E-state index contributed by atoms with van der Waals surface area (Å²) in [5.41, 5.74) is 1.81. The van der Waals surface area contributed by atoms with E-state index in [0.717, 1.165) is 27.9 Å². The number of benzene rings is 1. The number of aliphatic hydroxyl groups excluding tert-OH is 1. The molecule has 30 heavy (non-hydrogen) atoms. The standard InChI is InChI=1S/C23H25N3O4/c1-14-16-7-5-6-8-17(16)29-19(14)13-26(4)20(27)10-9-15-11-18-21(24-12-15)25-22(28)23(2,3)30-18/h5-12,22,28H,13H2,1-4H3,(H,24,25). The number of para-hydroxylation sites is 1. The number of aromatic nitrogens is 1. The lowest BCUT2D eigenvalue weighted by Gasteiger charge is -2.37. The van der Waals surface area contributed by atoms with Gasteiger partial charge in [0, 0.05) is 30.3 Å². The molecule has 0 saturated carbocycles. The minimum Gasteiger partial charge on any atom is -0.479 e. The van der Waals surface area contributed by atoms with Gasteiger partial charge in [0.2, 0.25) is 5.91 Å². The second kappa shape index (κ2) is 7.50. The van der Waals surface area contributed by atoms with E-state index in [9.17, 15) is 9.90 Å². The average molecular weight is 407 g/mol. The first kappa shape index (κ1) is 20.0. The number of nitrogens with zero attached hydrogens (tertiary/aromatic N) is 2. The number of aliphatic hydroxyl groups is 1. The Morgan fingerprint density at radius 2 is 2.13 bits per heavy atom. The summed E-state index contributed by atoms with van der Waals surface area (Å²) in [5, 5.41) is 14.0. The Morgan fingerprint density at radius 1 is 1.37 bits per heavy atom. The van der Waals surface area contributed by atoms with Crippen molar-refractivity contribution in [1.29, 1.82) is 0 Å². The van der Waals surface area contributed by atoms with Crippen molar-refractivity contribution in [2.45, 2.75) is 39.1 Å². The number of furan rings is 1. The number of likely N-dealkylation sites (N-methyl/N-ethyl adjacent to an activating group) is 1. The molecule has 2 aromatic heterocycles. The molecule has 156 valence electrons. The molecule has 7 heteroatoms. The van der Waals surface area contributed by atoms with Gasteiger partial charge in [-0.1, -0.05) is 18.2 Å². The summed E-state index contributed by atoms with van der Waals surface area (Å²) < 4.78 is 11.7. The molecule has 3 heterocycles. The van der Waals surface area contributed by atoms with Crippen LogP contribution in [0.3, 0.4) is 0 Å². The number of fused-ring (bicyclic) bond motifs is 2. The maximum absolute atomic E-state index is 12.6. The summed E-state index contributed by atoms with van der Waals surface area (Å²) >= 11 is 0. The highest BCUT2D eigenvalue weighted by Crippen LogP contribution is 2.34. The van der Waals surface area contributed by atoms with Gasteiger partial charge < -0.3 is 24.5 Å². The Hall–Kier alpha value is -3.32. The molecule has 0 spiro atoms. The zero-order valence-corrected chi connectivity index (χ0v) is 17.5. The molecule has 7 nitrogen and oxygen atoms in total. The number of carbonyl (C=O) groups is 1. The number of rotatable bonds is 4. The number of hydrogen-bond donors (Lipinski definition) is 2. The van der Waals surface area contributed by atoms with Gasteiger partial charge in [0.1, 0.15) is 16.9 Å². The van der Waals surface area contributed by atoms with Crippen LogP contribution in [0.15, 0.2) is 47.0 Å². The van der Waals surface area contributed by atoms with Crippen molar-refractivity contribution in [2.75, 3.05) is 12.4 Å². The summed E-state index contributed by atoms with van der Waals surface area (Å²) in [4.78, 5) is 18.5. The van der Waals surface area contributed by atoms with Crippen molar-refractivity contribution in [2.24, 2.45) is 0 Å². The average Bonchev–Trinajstić information content (AvgIpc) is 3.02. The third-order valence-electron chi connectivity index (χ3n) is 5.30. The molecule has 0 aliphatic carbocycles. The zero-order valence-electron chi connectivity index (χ0n) is 17.5. The van der Waals surface area contributed by atoms with Gasteiger partial charge >= 0.3 is 0 Å². The summed E-state index contributed by atoms with van der Waals surface area (Å²) in [6.45, 7) is 5.95. The molecule has 0 radical (unpaired) electrons. The van der Waals surface area contributed by atoms with E-state index in [0.29, 0.717) is 18.1 Å². The fourth-order valence-corrected chi connectivity index (χ4v) is 3.34. The van der Waals surface area contributed by atoms with Gasteiger partial charge in [-0.3, -0.25) is 4.79 Å². The number of amides is 1. The second-order valence-electron chi connectivity index (χ2n) is 8.04. The van der Waals surface area contributed by atoms with Crippen LogP contribution >= 0.6 is 0 Å². The Labute approximate surface area is 175 Å². The molecule has 2 N–H and O–H groups in total. The number of nitrogens with one attached hydrogen (secondary N) is 1. The van der Waals surface area contributed by atoms with E-state index in [4.69, 9.17) is 9.15 Å². The number of ether oxygens (including phenoxy) is 1. The molecular formula is C23H25N3O4. The Morgan fingerprint density at radius 3 is 2.90 bits per heavy atom. The smallest absolute Gasteiger partial charge is 0.246 e. The van der Waals surface area contributed by atoms with Crippen LogP contribution in [0, 0.1) is 6.92 Å². The van der Waals surface area contributed by atoms with E-state index in [2.05, 4.69) is 10.3 Å². The molecule has 1 aromatic carbocycles. The first-order valence-electron chi connectivity index (χ1n) is 9.78. The number of aryl methyl sites for hydroxylation is 1. The molecule has 1 amide bonds. The molecule has 1 unspecified atom stereocenters.